The molecule has 0 radical (unpaired) electrons. The monoisotopic (exact) mass is 458 g/mol. The Morgan fingerprint density at radius 1 is 0.966 bits per heavy atom. The van der Waals surface area contributed by atoms with Crippen molar-refractivity contribution < 1.29 is 14.6 Å². The van der Waals surface area contributed by atoms with Gasteiger partial charge in [-0.15, -0.1) is 11.6 Å². The molecule has 2 atom stereocenters. The summed E-state index contributed by atoms with van der Waals surface area (Å²) in [6.07, 6.45) is 0.209. The summed E-state index contributed by atoms with van der Waals surface area (Å²) >= 11 is 18.8. The number of rotatable bonds is 10. The first-order valence-electron chi connectivity index (χ1n) is 9.78. The summed E-state index contributed by atoms with van der Waals surface area (Å²) in [5.74, 6) is 1.93. The van der Waals surface area contributed by atoms with Crippen LogP contribution in [0.2, 0.25) is 10.0 Å². The van der Waals surface area contributed by atoms with Crippen LogP contribution >= 0.6 is 34.8 Å². The highest BCUT2D eigenvalue weighted by Crippen LogP contribution is 2.40. The van der Waals surface area contributed by atoms with E-state index >= 15 is 0 Å². The Bertz CT molecular complexity index is 767. The number of ether oxygens (including phenoxy) is 2. The number of benzene rings is 2. The molecule has 2 aromatic rings. The van der Waals surface area contributed by atoms with Crippen molar-refractivity contribution in [2.75, 3.05) is 19.1 Å². The maximum absolute atomic E-state index is 9.64. The maximum atomic E-state index is 9.64. The van der Waals surface area contributed by atoms with E-state index in [-0.39, 0.29) is 17.9 Å². The van der Waals surface area contributed by atoms with Crippen molar-refractivity contribution >= 4 is 34.8 Å². The van der Waals surface area contributed by atoms with Gasteiger partial charge in [0.15, 0.2) is 5.75 Å². The van der Waals surface area contributed by atoms with Gasteiger partial charge < -0.3 is 14.6 Å². The van der Waals surface area contributed by atoms with Crippen molar-refractivity contribution in [1.29, 1.82) is 0 Å². The SMILES string of the molecule is CC[C@@H](O)COc1ccc(C(C)(C)c2cc(Cl)c(OC[C@H](C)CCl)c(Cl)c2)cc1. The minimum atomic E-state index is -0.455. The van der Waals surface area contributed by atoms with Crippen LogP contribution in [0, 0.1) is 5.92 Å². The van der Waals surface area contributed by atoms with Gasteiger partial charge in [0.25, 0.3) is 0 Å². The Labute approximate surface area is 188 Å². The van der Waals surface area contributed by atoms with Crippen molar-refractivity contribution in [3.8, 4) is 11.5 Å². The van der Waals surface area contributed by atoms with Gasteiger partial charge >= 0.3 is 0 Å². The van der Waals surface area contributed by atoms with Gasteiger partial charge in [-0.3, -0.25) is 0 Å². The van der Waals surface area contributed by atoms with Gasteiger partial charge in [-0.25, -0.2) is 0 Å². The molecule has 160 valence electrons. The van der Waals surface area contributed by atoms with E-state index in [2.05, 4.69) is 13.8 Å². The lowest BCUT2D eigenvalue weighted by Crippen LogP contribution is -2.19. The van der Waals surface area contributed by atoms with Gasteiger partial charge in [-0.05, 0) is 41.8 Å². The third-order valence-corrected chi connectivity index (χ3v) is 6.07. The average Bonchev–Trinajstić information content (AvgIpc) is 2.71. The summed E-state index contributed by atoms with van der Waals surface area (Å²) in [6.45, 7) is 8.89. The molecule has 2 rings (SSSR count). The van der Waals surface area contributed by atoms with E-state index in [0.29, 0.717) is 34.7 Å². The summed E-state index contributed by atoms with van der Waals surface area (Å²) in [5.41, 5.74) is 1.76. The molecule has 0 unspecified atom stereocenters. The van der Waals surface area contributed by atoms with Crippen LogP contribution in [-0.2, 0) is 5.41 Å². The highest BCUT2D eigenvalue weighted by Gasteiger charge is 2.26. The molecule has 2 aromatic carbocycles. The van der Waals surface area contributed by atoms with Crippen molar-refractivity contribution in [2.24, 2.45) is 5.92 Å². The molecular formula is C23H29Cl3O3. The molecule has 3 nitrogen and oxygen atoms in total. The Morgan fingerprint density at radius 3 is 2.07 bits per heavy atom. The summed E-state index contributed by atoms with van der Waals surface area (Å²) < 4.78 is 11.4. The van der Waals surface area contributed by atoms with Crippen LogP contribution in [0.3, 0.4) is 0 Å². The lowest BCUT2D eigenvalue weighted by Gasteiger charge is -2.27. The van der Waals surface area contributed by atoms with E-state index in [1.54, 1.807) is 0 Å². The van der Waals surface area contributed by atoms with Crippen LogP contribution in [-0.4, -0.2) is 30.3 Å². The number of aliphatic hydroxyl groups excluding tert-OH is 1. The molecule has 1 N–H and O–H groups in total. The Kier molecular flexibility index (Phi) is 8.96. The van der Waals surface area contributed by atoms with Gasteiger partial charge in [0, 0.05) is 17.2 Å². The second-order valence-electron chi connectivity index (χ2n) is 7.86. The molecule has 29 heavy (non-hydrogen) atoms. The Morgan fingerprint density at radius 2 is 1.55 bits per heavy atom. The van der Waals surface area contributed by atoms with E-state index < -0.39 is 6.10 Å². The molecule has 6 heteroatoms. The van der Waals surface area contributed by atoms with E-state index in [4.69, 9.17) is 44.3 Å². The van der Waals surface area contributed by atoms with Crippen LogP contribution < -0.4 is 9.47 Å². The molecule has 0 fully saturated rings. The van der Waals surface area contributed by atoms with Crippen molar-refractivity contribution in [2.45, 2.75) is 45.6 Å². The predicted octanol–water partition coefficient (Wildman–Crippen LogP) is 6.72. The van der Waals surface area contributed by atoms with E-state index in [1.807, 2.05) is 50.2 Å². The van der Waals surface area contributed by atoms with Gasteiger partial charge in [0.1, 0.15) is 12.4 Å². The number of aliphatic hydroxyl groups is 1. The van der Waals surface area contributed by atoms with Gasteiger partial charge in [0.2, 0.25) is 0 Å². The maximum Gasteiger partial charge on any atom is 0.156 e. The molecule has 0 saturated heterocycles. The quantitative estimate of drug-likeness (QED) is 0.401. The first-order valence-corrected chi connectivity index (χ1v) is 11.1. The molecule has 0 aliphatic rings. The Hall–Kier alpha value is -1.13. The van der Waals surface area contributed by atoms with E-state index in [1.165, 1.54) is 0 Å². The zero-order chi connectivity index (χ0) is 21.6. The topological polar surface area (TPSA) is 38.7 Å². The summed E-state index contributed by atoms with van der Waals surface area (Å²) in [5, 5.41) is 10.6. The number of hydrogen-bond donors (Lipinski definition) is 1. The van der Waals surface area contributed by atoms with Gasteiger partial charge in [-0.2, -0.15) is 0 Å². The lowest BCUT2D eigenvalue weighted by atomic mass is 9.78. The fourth-order valence-electron chi connectivity index (χ4n) is 2.77. The van der Waals surface area contributed by atoms with Crippen LogP contribution in [0.25, 0.3) is 0 Å². The fraction of sp³-hybridized carbons (Fsp3) is 0.478. The summed E-state index contributed by atoms with van der Waals surface area (Å²) in [4.78, 5) is 0. The molecule has 0 saturated carbocycles. The second kappa shape index (κ2) is 10.8. The third kappa shape index (κ3) is 6.42. The van der Waals surface area contributed by atoms with Crippen LogP contribution in [0.1, 0.15) is 45.2 Å². The van der Waals surface area contributed by atoms with E-state index in [9.17, 15) is 5.11 Å². The lowest BCUT2D eigenvalue weighted by molar-refractivity contribution is 0.104. The summed E-state index contributed by atoms with van der Waals surface area (Å²) in [6, 6.07) is 11.7. The van der Waals surface area contributed by atoms with Gasteiger partial charge in [0.05, 0.1) is 22.8 Å². The first kappa shape index (κ1) is 24.1. The van der Waals surface area contributed by atoms with Crippen LogP contribution in [0.15, 0.2) is 36.4 Å². The Balaban J connectivity index is 2.19. The number of alkyl halides is 1. The van der Waals surface area contributed by atoms with Crippen LogP contribution in [0.4, 0.5) is 0 Å². The third-order valence-electron chi connectivity index (χ3n) is 4.99. The minimum absolute atomic E-state index is 0.207. The van der Waals surface area contributed by atoms with E-state index in [0.717, 1.165) is 16.9 Å². The zero-order valence-corrected chi connectivity index (χ0v) is 19.6. The number of hydrogen-bond acceptors (Lipinski definition) is 3. The highest BCUT2D eigenvalue weighted by atomic mass is 35.5. The van der Waals surface area contributed by atoms with Gasteiger partial charge in [-0.1, -0.05) is 63.0 Å². The second-order valence-corrected chi connectivity index (χ2v) is 8.98. The molecular weight excluding hydrogens is 431 g/mol. The molecule has 0 spiro atoms. The zero-order valence-electron chi connectivity index (χ0n) is 17.3. The highest BCUT2D eigenvalue weighted by molar-refractivity contribution is 6.37. The van der Waals surface area contributed by atoms with Crippen LogP contribution in [0.5, 0.6) is 11.5 Å². The molecule has 0 aromatic heterocycles. The fourth-order valence-corrected chi connectivity index (χ4v) is 3.46. The van der Waals surface area contributed by atoms with Crippen molar-refractivity contribution in [1.82, 2.24) is 0 Å². The predicted molar refractivity (Wildman–Crippen MR) is 122 cm³/mol. The summed E-state index contributed by atoms with van der Waals surface area (Å²) in [7, 11) is 0. The molecule has 0 amide bonds. The van der Waals surface area contributed by atoms with Crippen molar-refractivity contribution in [3.63, 3.8) is 0 Å². The molecule has 0 aliphatic heterocycles. The number of halogens is 3. The molecule has 0 bridgehead atoms. The normalized spacial score (nSPS) is 13.8. The minimum Gasteiger partial charge on any atom is -0.491 e. The smallest absolute Gasteiger partial charge is 0.156 e. The first-order chi connectivity index (χ1) is 13.7. The molecule has 0 aliphatic carbocycles. The average molecular weight is 460 g/mol. The molecule has 0 heterocycles. The largest absolute Gasteiger partial charge is 0.491 e. The standard InChI is InChI=1S/C23H29Cl3O3/c1-5-18(27)14-28-19-8-6-16(7-9-19)23(3,4)17-10-20(25)22(21(26)11-17)29-13-15(2)12-24/h6-11,15,18,27H,5,12-14H2,1-4H3/t15-,18-/m1/s1. The van der Waals surface area contributed by atoms with Crippen molar-refractivity contribution in [3.05, 3.63) is 57.6 Å².